The molecular weight excluding hydrogens is 317 g/mol. The molecule has 1 N–H and O–H groups in total. The molecule has 0 aliphatic carbocycles. The first-order valence-electron chi connectivity index (χ1n) is 7.91. The number of halogens is 2. The third-order valence-corrected chi connectivity index (χ3v) is 4.82. The van der Waals surface area contributed by atoms with Gasteiger partial charge in [-0.3, -0.25) is 9.69 Å². The van der Waals surface area contributed by atoms with Crippen LogP contribution >= 0.6 is 11.6 Å². The first-order chi connectivity index (χ1) is 10.7. The van der Waals surface area contributed by atoms with Crippen molar-refractivity contribution in [1.29, 1.82) is 0 Å². The van der Waals surface area contributed by atoms with Crippen molar-refractivity contribution in [3.05, 3.63) is 34.6 Å². The molecule has 1 aliphatic heterocycles. The Balaban J connectivity index is 2.05. The topological polar surface area (TPSA) is 35.6 Å². The van der Waals surface area contributed by atoms with Crippen molar-refractivity contribution in [3.8, 4) is 0 Å². The number of benzene rings is 1. The maximum Gasteiger partial charge on any atom is 0.237 e. The quantitative estimate of drug-likeness (QED) is 0.913. The highest BCUT2D eigenvalue weighted by atomic mass is 35.5. The number of hydrogen-bond acceptors (Lipinski definition) is 3. The van der Waals surface area contributed by atoms with Gasteiger partial charge in [0.1, 0.15) is 5.82 Å². The SMILES string of the molecule is C[C@H](C(=O)NC(C)(C)c1ccc(F)cc1Cl)N1CCN(C)CC1. The number of amides is 1. The predicted octanol–water partition coefficient (Wildman–Crippen LogP) is 2.47. The molecule has 1 heterocycles. The smallest absolute Gasteiger partial charge is 0.237 e. The number of carbonyl (C=O) groups is 1. The lowest BCUT2D eigenvalue weighted by atomic mass is 9.93. The summed E-state index contributed by atoms with van der Waals surface area (Å²) in [6, 6.07) is 4.05. The van der Waals surface area contributed by atoms with Gasteiger partial charge in [0.15, 0.2) is 0 Å². The van der Waals surface area contributed by atoms with E-state index in [0.717, 1.165) is 26.2 Å². The van der Waals surface area contributed by atoms with E-state index in [0.29, 0.717) is 10.6 Å². The minimum atomic E-state index is -0.664. The molecule has 23 heavy (non-hydrogen) atoms. The number of hydrogen-bond donors (Lipinski definition) is 1. The van der Waals surface area contributed by atoms with E-state index in [1.165, 1.54) is 12.1 Å². The van der Waals surface area contributed by atoms with E-state index in [9.17, 15) is 9.18 Å². The van der Waals surface area contributed by atoms with Crippen molar-refractivity contribution in [2.45, 2.75) is 32.4 Å². The van der Waals surface area contributed by atoms with Gasteiger partial charge >= 0.3 is 0 Å². The Morgan fingerprint density at radius 2 is 1.91 bits per heavy atom. The summed E-state index contributed by atoms with van der Waals surface area (Å²) in [5.41, 5.74) is 0.0439. The zero-order chi connectivity index (χ0) is 17.2. The van der Waals surface area contributed by atoms with Crippen LogP contribution in [0.3, 0.4) is 0 Å². The van der Waals surface area contributed by atoms with Crippen LogP contribution in [0.25, 0.3) is 0 Å². The Labute approximate surface area is 142 Å². The van der Waals surface area contributed by atoms with Gasteiger partial charge in [-0.1, -0.05) is 17.7 Å². The van der Waals surface area contributed by atoms with Gasteiger partial charge in [-0.15, -0.1) is 0 Å². The molecule has 4 nitrogen and oxygen atoms in total. The summed E-state index contributed by atoms with van der Waals surface area (Å²) in [5, 5.41) is 3.36. The highest BCUT2D eigenvalue weighted by Crippen LogP contribution is 2.28. The van der Waals surface area contributed by atoms with Crippen LogP contribution in [-0.2, 0) is 10.3 Å². The lowest BCUT2D eigenvalue weighted by molar-refractivity contribution is -0.128. The van der Waals surface area contributed by atoms with Crippen LogP contribution in [-0.4, -0.2) is 55.0 Å². The van der Waals surface area contributed by atoms with Crippen molar-refractivity contribution in [2.75, 3.05) is 33.2 Å². The molecule has 1 saturated heterocycles. The Bertz CT molecular complexity index is 571. The van der Waals surface area contributed by atoms with Crippen molar-refractivity contribution in [3.63, 3.8) is 0 Å². The Kier molecular flexibility index (Phi) is 5.65. The number of likely N-dealkylation sites (N-methyl/N-ethyl adjacent to an activating group) is 1. The average molecular weight is 342 g/mol. The molecule has 0 radical (unpaired) electrons. The molecule has 6 heteroatoms. The monoisotopic (exact) mass is 341 g/mol. The Morgan fingerprint density at radius 1 is 1.30 bits per heavy atom. The number of carbonyl (C=O) groups excluding carboxylic acids is 1. The average Bonchev–Trinajstić information content (AvgIpc) is 2.46. The van der Waals surface area contributed by atoms with Crippen molar-refractivity contribution in [1.82, 2.24) is 15.1 Å². The van der Waals surface area contributed by atoms with E-state index in [2.05, 4.69) is 22.2 Å². The molecule has 0 saturated carbocycles. The van der Waals surface area contributed by atoms with Crippen LogP contribution in [0.4, 0.5) is 4.39 Å². The van der Waals surface area contributed by atoms with Crippen molar-refractivity contribution < 1.29 is 9.18 Å². The molecule has 0 unspecified atom stereocenters. The lowest BCUT2D eigenvalue weighted by Gasteiger charge is -2.37. The minimum absolute atomic E-state index is 0.0417. The highest BCUT2D eigenvalue weighted by molar-refractivity contribution is 6.31. The zero-order valence-corrected chi connectivity index (χ0v) is 15.0. The second kappa shape index (κ2) is 7.16. The van der Waals surface area contributed by atoms with Crippen LogP contribution in [0, 0.1) is 5.82 Å². The van der Waals surface area contributed by atoms with Gasteiger partial charge in [0.05, 0.1) is 11.6 Å². The highest BCUT2D eigenvalue weighted by Gasteiger charge is 2.30. The normalized spacial score (nSPS) is 18.7. The summed E-state index contributed by atoms with van der Waals surface area (Å²) in [6.07, 6.45) is 0. The van der Waals surface area contributed by atoms with Crippen LogP contribution in [0.1, 0.15) is 26.3 Å². The predicted molar refractivity (Wildman–Crippen MR) is 91.1 cm³/mol. The largest absolute Gasteiger partial charge is 0.346 e. The molecule has 1 amide bonds. The molecular formula is C17H25ClFN3O. The van der Waals surface area contributed by atoms with Crippen molar-refractivity contribution >= 4 is 17.5 Å². The van der Waals surface area contributed by atoms with E-state index < -0.39 is 5.54 Å². The number of piperazine rings is 1. The first kappa shape index (κ1) is 18.2. The molecule has 1 aromatic rings. The van der Waals surface area contributed by atoms with E-state index in [1.54, 1.807) is 6.07 Å². The van der Waals surface area contributed by atoms with Crippen LogP contribution in [0.5, 0.6) is 0 Å². The fraction of sp³-hybridized carbons (Fsp3) is 0.588. The molecule has 0 bridgehead atoms. The van der Waals surface area contributed by atoms with Gasteiger partial charge in [0, 0.05) is 31.2 Å². The van der Waals surface area contributed by atoms with Crippen LogP contribution < -0.4 is 5.32 Å². The van der Waals surface area contributed by atoms with Gasteiger partial charge in [0.25, 0.3) is 0 Å². The summed E-state index contributed by atoms with van der Waals surface area (Å²) in [6.45, 7) is 9.35. The summed E-state index contributed by atoms with van der Waals surface area (Å²) in [7, 11) is 2.09. The number of nitrogens with zero attached hydrogens (tertiary/aromatic N) is 2. The first-order valence-corrected chi connectivity index (χ1v) is 8.28. The Hall–Kier alpha value is -1.17. The van der Waals surface area contributed by atoms with Gasteiger partial charge < -0.3 is 10.2 Å². The molecule has 1 atom stereocenters. The standard InChI is InChI=1S/C17H25ClFN3O/c1-12(22-9-7-21(4)8-10-22)16(23)20-17(2,3)14-6-5-13(19)11-15(14)18/h5-6,11-12H,7-10H2,1-4H3,(H,20,23)/t12-/m1/s1. The second-order valence-corrected chi connectivity index (χ2v) is 7.16. The summed E-state index contributed by atoms with van der Waals surface area (Å²) < 4.78 is 13.2. The Morgan fingerprint density at radius 3 is 2.48 bits per heavy atom. The van der Waals surface area contributed by atoms with E-state index in [1.807, 2.05) is 20.8 Å². The molecule has 0 spiro atoms. The minimum Gasteiger partial charge on any atom is -0.346 e. The maximum atomic E-state index is 13.2. The third-order valence-electron chi connectivity index (χ3n) is 4.51. The van der Waals surface area contributed by atoms with E-state index >= 15 is 0 Å². The van der Waals surface area contributed by atoms with Crippen molar-refractivity contribution in [2.24, 2.45) is 0 Å². The second-order valence-electron chi connectivity index (χ2n) is 6.75. The van der Waals surface area contributed by atoms with Crippen LogP contribution in [0.15, 0.2) is 18.2 Å². The number of rotatable bonds is 4. The number of nitrogens with one attached hydrogen (secondary N) is 1. The van der Waals surface area contributed by atoms with E-state index in [-0.39, 0.29) is 17.8 Å². The molecule has 1 aromatic carbocycles. The zero-order valence-electron chi connectivity index (χ0n) is 14.2. The molecule has 0 aromatic heterocycles. The molecule has 1 fully saturated rings. The summed E-state index contributed by atoms with van der Waals surface area (Å²) in [4.78, 5) is 17.0. The summed E-state index contributed by atoms with van der Waals surface area (Å²) in [5.74, 6) is -0.424. The van der Waals surface area contributed by atoms with Gasteiger partial charge in [-0.05, 0) is 45.5 Å². The molecule has 1 aliphatic rings. The maximum absolute atomic E-state index is 13.2. The fourth-order valence-corrected chi connectivity index (χ4v) is 3.25. The lowest BCUT2D eigenvalue weighted by Crippen LogP contribution is -2.55. The third kappa shape index (κ3) is 4.43. The van der Waals surface area contributed by atoms with Gasteiger partial charge in [-0.2, -0.15) is 0 Å². The molecule has 128 valence electrons. The van der Waals surface area contributed by atoms with Gasteiger partial charge in [-0.25, -0.2) is 4.39 Å². The fourth-order valence-electron chi connectivity index (χ4n) is 2.85. The van der Waals surface area contributed by atoms with E-state index in [4.69, 9.17) is 11.6 Å². The summed E-state index contributed by atoms with van der Waals surface area (Å²) >= 11 is 6.13. The van der Waals surface area contributed by atoms with Crippen LogP contribution in [0.2, 0.25) is 5.02 Å². The molecule has 2 rings (SSSR count). The van der Waals surface area contributed by atoms with Gasteiger partial charge in [0.2, 0.25) is 5.91 Å².